The molecule has 120 valence electrons. The van der Waals surface area contributed by atoms with Gasteiger partial charge in [-0.3, -0.25) is 4.79 Å². The van der Waals surface area contributed by atoms with Gasteiger partial charge in [0.2, 0.25) is 0 Å². The second-order valence-electron chi connectivity index (χ2n) is 5.23. The number of nitrogens with zero attached hydrogens (tertiary/aromatic N) is 3. The van der Waals surface area contributed by atoms with Crippen LogP contribution < -0.4 is 5.73 Å². The molecule has 8 heteroatoms. The minimum absolute atomic E-state index is 0.317. The van der Waals surface area contributed by atoms with Gasteiger partial charge in [0.05, 0.1) is 12.0 Å². The molecule has 0 amide bonds. The molecule has 2 aromatic heterocycles. The number of carbonyl (C=O) groups is 1. The molecule has 1 aliphatic heterocycles. The monoisotopic (exact) mass is 316 g/mol. The minimum atomic E-state index is -0.732. The lowest BCUT2D eigenvalue weighted by molar-refractivity contribution is -0.151. The SMILES string of the molecule is C#CC1C(OC(C)=O)C(CO)OC1n1ccc2c(N)ncnc21. The van der Waals surface area contributed by atoms with Crippen molar-refractivity contribution < 1.29 is 19.4 Å². The smallest absolute Gasteiger partial charge is 0.303 e. The summed E-state index contributed by atoms with van der Waals surface area (Å²) < 4.78 is 12.8. The van der Waals surface area contributed by atoms with Gasteiger partial charge in [-0.1, -0.05) is 5.92 Å². The molecule has 0 spiro atoms. The van der Waals surface area contributed by atoms with Crippen LogP contribution in [-0.4, -0.2) is 44.4 Å². The van der Waals surface area contributed by atoms with Gasteiger partial charge in [-0.25, -0.2) is 9.97 Å². The van der Waals surface area contributed by atoms with Gasteiger partial charge >= 0.3 is 5.97 Å². The van der Waals surface area contributed by atoms with E-state index in [4.69, 9.17) is 21.6 Å². The topological polar surface area (TPSA) is 112 Å². The number of anilines is 1. The molecule has 0 bridgehead atoms. The number of rotatable bonds is 3. The fourth-order valence-electron chi connectivity index (χ4n) is 2.83. The maximum Gasteiger partial charge on any atom is 0.303 e. The van der Waals surface area contributed by atoms with Gasteiger partial charge in [0.25, 0.3) is 0 Å². The number of esters is 1. The van der Waals surface area contributed by atoms with E-state index in [1.54, 1.807) is 16.8 Å². The average molecular weight is 316 g/mol. The van der Waals surface area contributed by atoms with Gasteiger partial charge in [-0.05, 0) is 6.07 Å². The van der Waals surface area contributed by atoms with E-state index in [0.29, 0.717) is 16.9 Å². The highest BCUT2D eigenvalue weighted by Gasteiger charge is 2.47. The van der Waals surface area contributed by atoms with Crippen LogP contribution in [0.3, 0.4) is 0 Å². The molecule has 3 N–H and O–H groups in total. The number of aliphatic hydroxyl groups excluding tert-OH is 1. The molecule has 1 fully saturated rings. The van der Waals surface area contributed by atoms with Crippen molar-refractivity contribution >= 4 is 22.8 Å². The second kappa shape index (κ2) is 5.87. The summed E-state index contributed by atoms with van der Waals surface area (Å²) in [6.07, 6.45) is 6.62. The van der Waals surface area contributed by atoms with Crippen molar-refractivity contribution in [1.82, 2.24) is 14.5 Å². The van der Waals surface area contributed by atoms with E-state index in [0.717, 1.165) is 0 Å². The number of ether oxygens (including phenoxy) is 2. The highest BCUT2D eigenvalue weighted by Crippen LogP contribution is 2.38. The van der Waals surface area contributed by atoms with Crippen LogP contribution in [0.25, 0.3) is 11.0 Å². The Kier molecular flexibility index (Phi) is 3.90. The zero-order valence-corrected chi connectivity index (χ0v) is 12.4. The van der Waals surface area contributed by atoms with Crippen LogP contribution in [0, 0.1) is 18.3 Å². The molecular formula is C15H16N4O4. The van der Waals surface area contributed by atoms with Crippen LogP contribution in [0.5, 0.6) is 0 Å². The van der Waals surface area contributed by atoms with Gasteiger partial charge in [-0.2, -0.15) is 0 Å². The minimum Gasteiger partial charge on any atom is -0.458 e. The predicted molar refractivity (Wildman–Crippen MR) is 80.8 cm³/mol. The summed E-state index contributed by atoms with van der Waals surface area (Å²) in [6.45, 7) is 0.970. The molecule has 0 aliphatic carbocycles. The lowest BCUT2D eigenvalue weighted by Crippen LogP contribution is -2.33. The highest BCUT2D eigenvalue weighted by atomic mass is 16.6. The highest BCUT2D eigenvalue weighted by molar-refractivity contribution is 5.86. The number of nitrogens with two attached hydrogens (primary N) is 1. The maximum atomic E-state index is 11.3. The van der Waals surface area contributed by atoms with Crippen LogP contribution >= 0.6 is 0 Å². The van der Waals surface area contributed by atoms with E-state index in [-0.39, 0.29) is 6.61 Å². The number of hydrogen-bond donors (Lipinski definition) is 2. The number of hydrogen-bond acceptors (Lipinski definition) is 7. The van der Waals surface area contributed by atoms with Gasteiger partial charge in [0.1, 0.15) is 35.9 Å². The van der Waals surface area contributed by atoms with Gasteiger partial charge in [0.15, 0.2) is 6.23 Å². The molecule has 3 rings (SSSR count). The van der Waals surface area contributed by atoms with E-state index >= 15 is 0 Å². The summed E-state index contributed by atoms with van der Waals surface area (Å²) in [6, 6.07) is 1.76. The fraction of sp³-hybridized carbons (Fsp3) is 0.400. The standard InChI is InChI=1S/C15H16N4O4/c1-3-9-12(22-8(2)21)11(6-20)23-15(9)19-5-4-10-13(16)17-7-18-14(10)19/h1,4-5,7,9,11-12,15,20H,6H2,2H3,(H2,16,17,18). The molecule has 1 aliphatic rings. The Morgan fingerprint density at radius 2 is 2.39 bits per heavy atom. The molecule has 0 radical (unpaired) electrons. The van der Waals surface area contributed by atoms with Crippen LogP contribution in [0.15, 0.2) is 18.6 Å². The van der Waals surface area contributed by atoms with Crippen molar-refractivity contribution in [3.8, 4) is 12.3 Å². The van der Waals surface area contributed by atoms with Crippen LogP contribution in [0.2, 0.25) is 0 Å². The summed E-state index contributed by atoms with van der Waals surface area (Å²) in [5, 5.41) is 10.2. The number of fused-ring (bicyclic) bond motifs is 1. The molecule has 0 aromatic carbocycles. The fourth-order valence-corrected chi connectivity index (χ4v) is 2.83. The normalized spacial score (nSPS) is 27.0. The first-order valence-electron chi connectivity index (χ1n) is 7.03. The van der Waals surface area contributed by atoms with Crippen molar-refractivity contribution in [2.75, 3.05) is 12.3 Å². The zero-order valence-electron chi connectivity index (χ0n) is 12.4. The molecule has 1 saturated heterocycles. The predicted octanol–water partition coefficient (Wildman–Crippen LogP) is 0.0843. The van der Waals surface area contributed by atoms with Gasteiger partial charge in [-0.15, -0.1) is 6.42 Å². The van der Waals surface area contributed by atoms with Gasteiger partial charge < -0.3 is 24.9 Å². The Morgan fingerprint density at radius 1 is 1.61 bits per heavy atom. The maximum absolute atomic E-state index is 11.3. The first-order chi connectivity index (χ1) is 11.1. The van der Waals surface area contributed by atoms with Gasteiger partial charge in [0, 0.05) is 13.1 Å². The van der Waals surface area contributed by atoms with Crippen LogP contribution in [-0.2, 0) is 14.3 Å². The number of carbonyl (C=O) groups excluding carboxylic acids is 1. The molecule has 4 unspecified atom stereocenters. The van der Waals surface area contributed by atoms with E-state index in [1.165, 1.54) is 13.3 Å². The Morgan fingerprint density at radius 3 is 3.04 bits per heavy atom. The van der Waals surface area contributed by atoms with Crippen molar-refractivity contribution in [3.63, 3.8) is 0 Å². The number of terminal acetylenes is 1. The number of aliphatic hydroxyl groups is 1. The van der Waals surface area contributed by atoms with Crippen molar-refractivity contribution in [2.45, 2.75) is 25.4 Å². The third kappa shape index (κ3) is 2.50. The van der Waals surface area contributed by atoms with Crippen molar-refractivity contribution in [3.05, 3.63) is 18.6 Å². The lowest BCUT2D eigenvalue weighted by atomic mass is 10.0. The summed E-state index contributed by atoms with van der Waals surface area (Å²) in [4.78, 5) is 19.4. The van der Waals surface area contributed by atoms with E-state index in [2.05, 4.69) is 15.9 Å². The van der Waals surface area contributed by atoms with E-state index < -0.39 is 30.3 Å². The van der Waals surface area contributed by atoms with Crippen LogP contribution in [0.1, 0.15) is 13.2 Å². The molecule has 2 aromatic rings. The third-order valence-corrected chi connectivity index (χ3v) is 3.83. The zero-order chi connectivity index (χ0) is 16.6. The summed E-state index contributed by atoms with van der Waals surface area (Å²) in [7, 11) is 0. The average Bonchev–Trinajstić information content (AvgIpc) is 3.08. The largest absolute Gasteiger partial charge is 0.458 e. The summed E-state index contributed by atoms with van der Waals surface area (Å²) in [5.41, 5.74) is 6.39. The van der Waals surface area contributed by atoms with E-state index in [1.807, 2.05) is 0 Å². The summed E-state index contributed by atoms with van der Waals surface area (Å²) in [5.74, 6) is 1.89. The third-order valence-electron chi connectivity index (χ3n) is 3.83. The molecule has 0 saturated carbocycles. The van der Waals surface area contributed by atoms with Crippen molar-refractivity contribution in [1.29, 1.82) is 0 Å². The Hall–Kier alpha value is -2.63. The Bertz CT molecular complexity index is 781. The molecule has 23 heavy (non-hydrogen) atoms. The molecule has 3 heterocycles. The van der Waals surface area contributed by atoms with Crippen LogP contribution in [0.4, 0.5) is 5.82 Å². The second-order valence-corrected chi connectivity index (χ2v) is 5.23. The first kappa shape index (κ1) is 15.3. The number of nitrogen functional groups attached to an aromatic ring is 1. The first-order valence-corrected chi connectivity index (χ1v) is 7.03. The molecular weight excluding hydrogens is 300 g/mol. The summed E-state index contributed by atoms with van der Waals surface area (Å²) >= 11 is 0. The molecule has 8 nitrogen and oxygen atoms in total. The number of aromatic nitrogens is 3. The van der Waals surface area contributed by atoms with Crippen molar-refractivity contribution in [2.24, 2.45) is 5.92 Å². The van der Waals surface area contributed by atoms with E-state index in [9.17, 15) is 9.90 Å². The Labute approximate surface area is 132 Å². The quantitative estimate of drug-likeness (QED) is 0.609. The molecule has 4 atom stereocenters. The lowest BCUT2D eigenvalue weighted by Gasteiger charge is -2.19. The Balaban J connectivity index is 2.02.